The molecule has 1 unspecified atom stereocenters. The van der Waals surface area contributed by atoms with Crippen molar-refractivity contribution in [2.24, 2.45) is 5.41 Å². The normalized spacial score (nSPS) is 19.4. The van der Waals surface area contributed by atoms with Crippen LogP contribution in [0.3, 0.4) is 0 Å². The van der Waals surface area contributed by atoms with Crippen molar-refractivity contribution in [3.8, 4) is 0 Å². The van der Waals surface area contributed by atoms with Gasteiger partial charge in [0.05, 0.1) is 12.0 Å². The summed E-state index contributed by atoms with van der Waals surface area (Å²) in [5.41, 5.74) is 4.98. The molecule has 5 rings (SSSR count). The summed E-state index contributed by atoms with van der Waals surface area (Å²) in [5, 5.41) is 14.2. The first-order chi connectivity index (χ1) is 27.1. The summed E-state index contributed by atoms with van der Waals surface area (Å²) in [6.45, 7) is 6.77. The van der Waals surface area contributed by atoms with Crippen LogP contribution in [0, 0.1) is 5.41 Å². The first kappa shape index (κ1) is 42.2. The number of hydrogen-bond acceptors (Lipinski definition) is 5. The van der Waals surface area contributed by atoms with Crippen LogP contribution in [0.1, 0.15) is 82.8 Å². The van der Waals surface area contributed by atoms with E-state index in [0.717, 1.165) is 54.1 Å². The molecule has 12 nitrogen and oxygen atoms in total. The SMILES string of the molecule is CCNC(=O)[C@]1(Cc2ccccc2)CCCN(C(=O)[C@@H](Cc2ccc3ccccc3c2)NC(=O)N[C@@H]2CCCN(C(=O)CC(C)NC(=O)CCCCC[NH3+])C2)C1. The molecule has 56 heavy (non-hydrogen) atoms. The molecule has 0 aliphatic carbocycles. The number of likely N-dealkylation sites (tertiary alicyclic amines) is 2. The Morgan fingerprint density at radius 3 is 2.38 bits per heavy atom. The van der Waals surface area contributed by atoms with E-state index in [0.29, 0.717) is 58.3 Å². The first-order valence-electron chi connectivity index (χ1n) is 20.6. The number of unbranched alkanes of at least 4 members (excludes halogenated alkanes) is 2. The number of hydrogen-bond donors (Lipinski definition) is 5. The molecule has 2 aliphatic heterocycles. The lowest BCUT2D eigenvalue weighted by molar-refractivity contribution is -0.368. The number of fused-ring (bicyclic) bond motifs is 1. The molecule has 6 amide bonds. The zero-order chi connectivity index (χ0) is 39.9. The van der Waals surface area contributed by atoms with Gasteiger partial charge in [-0.1, -0.05) is 72.8 Å². The lowest BCUT2D eigenvalue weighted by Crippen LogP contribution is -2.60. The maximum atomic E-state index is 14.6. The molecule has 2 saturated heterocycles. The standard InChI is InChI=1S/C44H61N7O5/c1-3-46-42(55)44(29-33-14-6-4-7-15-33)22-13-25-51(31-44)41(54)38(28-34-20-21-35-16-9-10-17-36(35)27-34)49-43(56)48-37-18-12-24-50(30-37)40(53)26-32(2)47-39(52)19-8-5-11-23-45/h4,6-7,9-10,14-17,20-21,27,32,37-38H,3,5,8,11-13,18-19,22-26,28-31,45H2,1-2H3,(H,46,55)(H,47,52)(H2,48,49,56)/p+1/t32?,37-,38-,44+/m1/s1. The minimum absolute atomic E-state index is 0.0484. The average molecular weight is 769 g/mol. The third-order valence-corrected chi connectivity index (χ3v) is 11.1. The van der Waals surface area contributed by atoms with Gasteiger partial charge in [0.15, 0.2) is 0 Å². The summed E-state index contributed by atoms with van der Waals surface area (Å²) < 4.78 is 0. The van der Waals surface area contributed by atoms with Gasteiger partial charge in [-0.25, -0.2) is 4.79 Å². The van der Waals surface area contributed by atoms with Crippen molar-refractivity contribution >= 4 is 40.4 Å². The molecule has 0 saturated carbocycles. The molecule has 0 spiro atoms. The van der Waals surface area contributed by atoms with Crippen LogP contribution in [0.5, 0.6) is 0 Å². The van der Waals surface area contributed by atoms with E-state index >= 15 is 0 Å². The van der Waals surface area contributed by atoms with Crippen LogP contribution in [-0.2, 0) is 32.0 Å². The summed E-state index contributed by atoms with van der Waals surface area (Å²) in [4.78, 5) is 71.3. The summed E-state index contributed by atoms with van der Waals surface area (Å²) >= 11 is 0. The number of quaternary nitrogens is 1. The number of amides is 6. The fourth-order valence-electron chi connectivity index (χ4n) is 8.22. The molecule has 12 heteroatoms. The number of rotatable bonds is 17. The third-order valence-electron chi connectivity index (χ3n) is 11.1. The molecule has 0 aromatic heterocycles. The van der Waals surface area contributed by atoms with Gasteiger partial charge in [-0.2, -0.15) is 0 Å². The minimum atomic E-state index is -0.887. The monoisotopic (exact) mass is 768 g/mol. The molecule has 0 radical (unpaired) electrons. The largest absolute Gasteiger partial charge is 0.358 e. The van der Waals surface area contributed by atoms with Gasteiger partial charge in [-0.15, -0.1) is 0 Å². The van der Waals surface area contributed by atoms with Crippen molar-refractivity contribution in [2.45, 2.75) is 103 Å². The topological polar surface area (TPSA) is 168 Å². The van der Waals surface area contributed by atoms with E-state index in [2.05, 4.69) is 33.1 Å². The lowest BCUT2D eigenvalue weighted by Gasteiger charge is -2.43. The molecule has 3 aromatic carbocycles. The van der Waals surface area contributed by atoms with Crippen LogP contribution in [-0.4, -0.2) is 96.9 Å². The Morgan fingerprint density at radius 2 is 1.61 bits per heavy atom. The number of carbonyl (C=O) groups is 5. The van der Waals surface area contributed by atoms with Gasteiger partial charge in [-0.05, 0) is 87.1 Å². The molecule has 2 fully saturated rings. The number of benzene rings is 3. The number of carbonyl (C=O) groups excluding carboxylic acids is 5. The highest BCUT2D eigenvalue weighted by Crippen LogP contribution is 2.35. The second-order valence-corrected chi connectivity index (χ2v) is 15.7. The van der Waals surface area contributed by atoms with E-state index in [1.54, 1.807) is 9.80 Å². The molecule has 4 atom stereocenters. The smallest absolute Gasteiger partial charge is 0.315 e. The quantitative estimate of drug-likeness (QED) is 0.132. The van der Waals surface area contributed by atoms with Crippen LogP contribution in [0.15, 0.2) is 72.8 Å². The first-order valence-corrected chi connectivity index (χ1v) is 20.6. The highest BCUT2D eigenvalue weighted by Gasteiger charge is 2.44. The Hall–Kier alpha value is -4.97. The Bertz CT molecular complexity index is 1790. The van der Waals surface area contributed by atoms with Crippen molar-refractivity contribution in [2.75, 3.05) is 39.3 Å². The number of nitrogens with one attached hydrogen (secondary N) is 4. The van der Waals surface area contributed by atoms with Gasteiger partial charge < -0.3 is 36.8 Å². The zero-order valence-electron chi connectivity index (χ0n) is 33.3. The van der Waals surface area contributed by atoms with Crippen LogP contribution in [0.2, 0.25) is 0 Å². The average Bonchev–Trinajstić information content (AvgIpc) is 3.19. The molecule has 2 aliphatic rings. The van der Waals surface area contributed by atoms with Gasteiger partial charge in [-0.3, -0.25) is 19.2 Å². The van der Waals surface area contributed by atoms with Crippen molar-refractivity contribution in [3.05, 3.63) is 83.9 Å². The highest BCUT2D eigenvalue weighted by molar-refractivity contribution is 5.90. The summed E-state index contributed by atoms with van der Waals surface area (Å²) in [6.07, 6.45) is 6.90. The molecule has 3 aromatic rings. The Kier molecular flexibility index (Phi) is 15.7. The summed E-state index contributed by atoms with van der Waals surface area (Å²) in [7, 11) is 0. The van der Waals surface area contributed by atoms with Crippen molar-refractivity contribution in [3.63, 3.8) is 0 Å². The van der Waals surface area contributed by atoms with E-state index in [9.17, 15) is 24.0 Å². The fourth-order valence-corrected chi connectivity index (χ4v) is 8.22. The molecular weight excluding hydrogens is 707 g/mol. The van der Waals surface area contributed by atoms with Gasteiger partial charge in [0.25, 0.3) is 0 Å². The lowest BCUT2D eigenvalue weighted by atomic mass is 9.74. The van der Waals surface area contributed by atoms with Crippen molar-refractivity contribution < 1.29 is 29.7 Å². The van der Waals surface area contributed by atoms with E-state index in [1.165, 1.54) is 0 Å². The maximum Gasteiger partial charge on any atom is 0.315 e. The van der Waals surface area contributed by atoms with E-state index in [1.807, 2.05) is 80.6 Å². The third kappa shape index (κ3) is 12.0. The number of urea groups is 1. The molecule has 0 bridgehead atoms. The summed E-state index contributed by atoms with van der Waals surface area (Å²) in [5.74, 6) is -0.407. The van der Waals surface area contributed by atoms with E-state index in [4.69, 9.17) is 0 Å². The van der Waals surface area contributed by atoms with E-state index in [-0.39, 0.29) is 55.1 Å². The van der Waals surface area contributed by atoms with Crippen LogP contribution in [0.4, 0.5) is 4.79 Å². The second-order valence-electron chi connectivity index (χ2n) is 15.7. The maximum absolute atomic E-state index is 14.6. The Balaban J connectivity index is 1.26. The predicted molar refractivity (Wildman–Crippen MR) is 218 cm³/mol. The van der Waals surface area contributed by atoms with E-state index < -0.39 is 17.5 Å². The number of nitrogens with zero attached hydrogens (tertiary/aromatic N) is 2. The van der Waals surface area contributed by atoms with Crippen molar-refractivity contribution in [1.29, 1.82) is 0 Å². The molecule has 302 valence electrons. The fraction of sp³-hybridized carbons (Fsp3) is 0.523. The summed E-state index contributed by atoms with van der Waals surface area (Å²) in [6, 6.07) is 22.1. The Morgan fingerprint density at radius 1 is 0.857 bits per heavy atom. The predicted octanol–water partition coefficient (Wildman–Crippen LogP) is 3.73. The van der Waals surface area contributed by atoms with Crippen LogP contribution < -0.4 is 27.0 Å². The molecule has 2 heterocycles. The molecule has 7 N–H and O–H groups in total. The van der Waals surface area contributed by atoms with Gasteiger partial charge in [0, 0.05) is 64.1 Å². The van der Waals surface area contributed by atoms with Gasteiger partial charge in [0.1, 0.15) is 6.04 Å². The Labute approximate surface area is 331 Å². The second kappa shape index (κ2) is 20.8. The highest BCUT2D eigenvalue weighted by atomic mass is 16.2. The number of piperidine rings is 2. The van der Waals surface area contributed by atoms with Crippen LogP contribution in [0.25, 0.3) is 10.8 Å². The zero-order valence-corrected chi connectivity index (χ0v) is 33.3. The molecular formula is C44H62N7O5+. The van der Waals surface area contributed by atoms with Gasteiger partial charge >= 0.3 is 6.03 Å². The minimum Gasteiger partial charge on any atom is -0.358 e. The van der Waals surface area contributed by atoms with Crippen LogP contribution >= 0.6 is 0 Å². The van der Waals surface area contributed by atoms with Crippen molar-refractivity contribution in [1.82, 2.24) is 31.1 Å². The van der Waals surface area contributed by atoms with Gasteiger partial charge in [0.2, 0.25) is 23.6 Å².